The van der Waals surface area contributed by atoms with Gasteiger partial charge in [0.1, 0.15) is 5.75 Å². The van der Waals surface area contributed by atoms with E-state index in [0.717, 1.165) is 42.4 Å². The second-order valence-corrected chi connectivity index (χ2v) is 12.7. The van der Waals surface area contributed by atoms with E-state index in [1.807, 2.05) is 36.4 Å². The van der Waals surface area contributed by atoms with Crippen molar-refractivity contribution in [3.63, 3.8) is 0 Å². The lowest BCUT2D eigenvalue weighted by Crippen LogP contribution is -2.38. The van der Waals surface area contributed by atoms with Crippen molar-refractivity contribution in [3.8, 4) is 5.75 Å². The number of rotatable bonds is 23. The predicted octanol–water partition coefficient (Wildman–Crippen LogP) is 8.52. The lowest BCUT2D eigenvalue weighted by atomic mass is 10.1. The van der Waals surface area contributed by atoms with Crippen molar-refractivity contribution in [2.45, 2.75) is 97.8 Å². The van der Waals surface area contributed by atoms with Gasteiger partial charge in [-0.2, -0.15) is 0 Å². The SMILES string of the molecule is CCCCCCCCN(CCCCCCCC)CC(=O)CN(CC)c1ccc(C=C2N=C(c3ccccc3OC)OC2=O)s1. The number of Topliss-reactive ketones (excluding diaryl/α,β-unsaturated/α-hetero) is 1. The van der Waals surface area contributed by atoms with Crippen LogP contribution in [0.25, 0.3) is 6.08 Å². The van der Waals surface area contributed by atoms with Gasteiger partial charge in [0.15, 0.2) is 11.5 Å². The number of benzene rings is 1. The van der Waals surface area contributed by atoms with Gasteiger partial charge >= 0.3 is 5.97 Å². The van der Waals surface area contributed by atoms with Crippen LogP contribution in [0.3, 0.4) is 0 Å². The van der Waals surface area contributed by atoms with Crippen molar-refractivity contribution < 1.29 is 19.1 Å². The zero-order valence-corrected chi connectivity index (χ0v) is 28.3. The standard InChI is InChI=1S/C36H53N3O4S/c1-5-8-10-12-14-18-24-38(25-19-15-13-11-9-6-2)27-29(40)28-39(7-3)34-23-22-30(44-34)26-32-36(41)43-35(37-32)31-20-16-17-21-33(31)42-4/h16-17,20-23,26H,5-15,18-19,24-25,27-28H2,1-4H3. The van der Waals surface area contributed by atoms with E-state index in [2.05, 4.69) is 35.6 Å². The molecule has 1 aromatic carbocycles. The number of carbonyl (C=O) groups excluding carboxylic acids is 2. The number of nitrogens with zero attached hydrogens (tertiary/aromatic N) is 3. The summed E-state index contributed by atoms with van der Waals surface area (Å²) < 4.78 is 10.8. The molecule has 0 N–H and O–H groups in total. The molecule has 0 saturated carbocycles. The molecule has 0 amide bonds. The average Bonchev–Trinajstić information content (AvgIpc) is 3.65. The normalized spacial score (nSPS) is 13.9. The maximum absolute atomic E-state index is 13.3. The molecule has 0 saturated heterocycles. The Labute approximate surface area is 269 Å². The van der Waals surface area contributed by atoms with Crippen molar-refractivity contribution in [2.24, 2.45) is 4.99 Å². The number of para-hydroxylation sites is 1. The number of cyclic esters (lactones) is 1. The quantitative estimate of drug-likeness (QED) is 0.0702. The van der Waals surface area contributed by atoms with E-state index in [1.165, 1.54) is 64.2 Å². The highest BCUT2D eigenvalue weighted by atomic mass is 32.1. The number of hydrogen-bond donors (Lipinski definition) is 0. The summed E-state index contributed by atoms with van der Waals surface area (Å²) in [5.41, 5.74) is 0.884. The minimum absolute atomic E-state index is 0.239. The molecule has 0 spiro atoms. The van der Waals surface area contributed by atoms with Crippen LogP contribution in [0.4, 0.5) is 5.00 Å². The Bertz CT molecular complexity index is 1210. The maximum Gasteiger partial charge on any atom is 0.363 e. The van der Waals surface area contributed by atoms with Crippen LogP contribution in [0.2, 0.25) is 0 Å². The number of ether oxygens (including phenoxy) is 2. The average molecular weight is 624 g/mol. The number of aliphatic imine (C=N–C) groups is 1. The van der Waals surface area contributed by atoms with Gasteiger partial charge in [-0.05, 0) is 63.2 Å². The summed E-state index contributed by atoms with van der Waals surface area (Å²) in [5.74, 6) is 0.601. The number of esters is 1. The summed E-state index contributed by atoms with van der Waals surface area (Å²) in [6, 6.07) is 11.3. The van der Waals surface area contributed by atoms with Crippen molar-refractivity contribution in [1.82, 2.24) is 4.90 Å². The fourth-order valence-electron chi connectivity index (χ4n) is 5.43. The number of methoxy groups -OCH3 is 1. The molecule has 0 radical (unpaired) electrons. The largest absolute Gasteiger partial charge is 0.496 e. The summed E-state index contributed by atoms with van der Waals surface area (Å²) in [4.78, 5) is 35.8. The van der Waals surface area contributed by atoms with Crippen LogP contribution in [0.15, 0.2) is 47.1 Å². The van der Waals surface area contributed by atoms with Crippen molar-refractivity contribution in [1.29, 1.82) is 0 Å². The summed E-state index contributed by atoms with van der Waals surface area (Å²) in [6.45, 7) is 10.2. The van der Waals surface area contributed by atoms with E-state index < -0.39 is 5.97 Å². The van der Waals surface area contributed by atoms with E-state index in [-0.39, 0.29) is 17.4 Å². The lowest BCUT2D eigenvalue weighted by Gasteiger charge is -2.25. The van der Waals surface area contributed by atoms with Crippen LogP contribution in [0, 0.1) is 0 Å². The number of hydrogen-bond acceptors (Lipinski definition) is 8. The highest BCUT2D eigenvalue weighted by molar-refractivity contribution is 7.17. The molecule has 7 nitrogen and oxygen atoms in total. The third kappa shape index (κ3) is 11.8. The maximum atomic E-state index is 13.3. The van der Waals surface area contributed by atoms with Gasteiger partial charge in [-0.3, -0.25) is 9.69 Å². The molecule has 3 rings (SSSR count). The molecule has 0 aliphatic carbocycles. The summed E-state index contributed by atoms with van der Waals surface area (Å²) in [5, 5.41) is 1.01. The highest BCUT2D eigenvalue weighted by Crippen LogP contribution is 2.30. The zero-order chi connectivity index (χ0) is 31.6. The summed E-state index contributed by atoms with van der Waals surface area (Å²) in [6.07, 6.45) is 16.9. The smallest absolute Gasteiger partial charge is 0.363 e. The van der Waals surface area contributed by atoms with Gasteiger partial charge in [0.25, 0.3) is 0 Å². The Morgan fingerprint density at radius 2 is 1.50 bits per heavy atom. The Morgan fingerprint density at radius 1 is 0.864 bits per heavy atom. The fraction of sp³-hybridized carbons (Fsp3) is 0.583. The predicted molar refractivity (Wildman–Crippen MR) is 184 cm³/mol. The van der Waals surface area contributed by atoms with Crippen LogP contribution in [0.5, 0.6) is 5.75 Å². The van der Waals surface area contributed by atoms with E-state index in [1.54, 1.807) is 24.5 Å². The molecule has 2 aromatic rings. The Balaban J connectivity index is 1.58. The minimum atomic E-state index is -0.487. The second-order valence-electron chi connectivity index (χ2n) is 11.6. The zero-order valence-electron chi connectivity index (χ0n) is 27.4. The van der Waals surface area contributed by atoms with Gasteiger partial charge in [-0.1, -0.05) is 90.2 Å². The van der Waals surface area contributed by atoms with Gasteiger partial charge in [0.05, 0.1) is 30.8 Å². The molecule has 1 aliphatic rings. The Morgan fingerprint density at radius 3 is 2.14 bits per heavy atom. The topological polar surface area (TPSA) is 71.4 Å². The van der Waals surface area contributed by atoms with E-state index in [4.69, 9.17) is 9.47 Å². The van der Waals surface area contributed by atoms with Crippen LogP contribution in [-0.2, 0) is 14.3 Å². The van der Waals surface area contributed by atoms with E-state index in [9.17, 15) is 9.59 Å². The molecule has 0 bridgehead atoms. The number of ketones is 1. The first-order valence-electron chi connectivity index (χ1n) is 16.7. The summed E-state index contributed by atoms with van der Waals surface area (Å²) >= 11 is 1.55. The van der Waals surface area contributed by atoms with Crippen molar-refractivity contribution in [3.05, 3.63) is 52.5 Å². The third-order valence-corrected chi connectivity index (χ3v) is 9.06. The number of carbonyl (C=O) groups is 2. The molecule has 0 unspecified atom stereocenters. The lowest BCUT2D eigenvalue weighted by molar-refractivity contribution is -0.130. The van der Waals surface area contributed by atoms with Crippen LogP contribution < -0.4 is 9.64 Å². The molecular formula is C36H53N3O4S. The minimum Gasteiger partial charge on any atom is -0.496 e. The van der Waals surface area contributed by atoms with Gasteiger partial charge in [-0.25, -0.2) is 9.79 Å². The summed E-state index contributed by atoms with van der Waals surface area (Å²) in [7, 11) is 1.58. The van der Waals surface area contributed by atoms with Crippen LogP contribution in [0.1, 0.15) is 108 Å². The molecule has 242 valence electrons. The first-order chi connectivity index (χ1) is 21.5. The Hall–Kier alpha value is -2.97. The highest BCUT2D eigenvalue weighted by Gasteiger charge is 2.26. The van der Waals surface area contributed by atoms with Gasteiger partial charge < -0.3 is 14.4 Å². The van der Waals surface area contributed by atoms with E-state index in [0.29, 0.717) is 24.4 Å². The monoisotopic (exact) mass is 623 g/mol. The number of thiophene rings is 1. The first kappa shape index (κ1) is 35.5. The molecular weight excluding hydrogens is 570 g/mol. The number of anilines is 1. The van der Waals surface area contributed by atoms with Gasteiger partial charge in [0.2, 0.25) is 5.90 Å². The first-order valence-corrected chi connectivity index (χ1v) is 17.5. The molecule has 0 atom stereocenters. The molecule has 1 aromatic heterocycles. The molecule has 2 heterocycles. The molecule has 8 heteroatoms. The Kier molecular flexibility index (Phi) is 16.3. The second kappa shape index (κ2) is 20.1. The van der Waals surface area contributed by atoms with Crippen LogP contribution in [-0.4, -0.2) is 62.4 Å². The molecule has 1 aliphatic heterocycles. The fourth-order valence-corrected chi connectivity index (χ4v) is 6.44. The van der Waals surface area contributed by atoms with Crippen LogP contribution >= 0.6 is 11.3 Å². The molecule has 0 fully saturated rings. The van der Waals surface area contributed by atoms with Crippen molar-refractivity contribution in [2.75, 3.05) is 44.7 Å². The van der Waals surface area contributed by atoms with Gasteiger partial charge in [-0.15, -0.1) is 11.3 Å². The van der Waals surface area contributed by atoms with Crippen molar-refractivity contribution >= 4 is 40.1 Å². The number of likely N-dealkylation sites (N-methyl/N-ethyl adjacent to an activating group) is 1. The molecule has 44 heavy (non-hydrogen) atoms. The van der Waals surface area contributed by atoms with E-state index >= 15 is 0 Å². The van der Waals surface area contributed by atoms with Gasteiger partial charge in [0, 0.05) is 11.4 Å². The third-order valence-electron chi connectivity index (χ3n) is 7.97. The number of unbranched alkanes of at least 4 members (excludes halogenated alkanes) is 10.